The lowest BCUT2D eigenvalue weighted by atomic mass is 9.77. The second-order valence-electron chi connectivity index (χ2n) is 17.6. The van der Waals surface area contributed by atoms with Gasteiger partial charge in [0.1, 0.15) is 30.0 Å². The van der Waals surface area contributed by atoms with Crippen molar-refractivity contribution in [2.45, 2.75) is 185 Å². The summed E-state index contributed by atoms with van der Waals surface area (Å²) in [6.45, 7) is 17.6. The van der Waals surface area contributed by atoms with Gasteiger partial charge < -0.3 is 68.7 Å². The van der Waals surface area contributed by atoms with Crippen LogP contribution in [0.25, 0.3) is 0 Å². The number of rotatable bonds is 7. The third kappa shape index (κ3) is 10.5. The predicted octanol–water partition coefficient (Wildman–Crippen LogP) is 1.91. The molecule has 0 saturated carbocycles. The molecule has 0 amide bonds. The zero-order valence-corrected chi connectivity index (χ0v) is 34.6. The van der Waals surface area contributed by atoms with Crippen LogP contribution in [0.3, 0.4) is 0 Å². The zero-order chi connectivity index (χ0) is 40.6. The maximum atomic E-state index is 14.2. The molecule has 0 aromatic carbocycles. The number of cyclic esters (lactones) is 1. The van der Waals surface area contributed by atoms with Crippen molar-refractivity contribution in [3.8, 4) is 0 Å². The molecule has 15 nitrogen and oxygen atoms in total. The van der Waals surface area contributed by atoms with E-state index in [4.69, 9.17) is 28.4 Å². The monoisotopic (exact) mass is 765 g/mol. The molecule has 0 spiro atoms. The second kappa shape index (κ2) is 17.6. The van der Waals surface area contributed by atoms with Crippen LogP contribution in [-0.2, 0) is 33.2 Å². The predicted molar refractivity (Wildman–Crippen MR) is 196 cm³/mol. The first kappa shape index (κ1) is 46.3. The van der Waals surface area contributed by atoms with Crippen LogP contribution in [0.5, 0.6) is 0 Å². The Hall–Kier alpha value is -1.05. The molecule has 3 heterocycles. The van der Waals surface area contributed by atoms with E-state index in [1.54, 1.807) is 55.4 Å². The highest BCUT2D eigenvalue weighted by atomic mass is 16.7. The van der Waals surface area contributed by atoms with Gasteiger partial charge in [0, 0.05) is 38.5 Å². The Bertz CT molecular complexity index is 1190. The third-order valence-corrected chi connectivity index (χ3v) is 12.3. The lowest BCUT2D eigenvalue weighted by Crippen LogP contribution is -2.62. The molecule has 3 saturated heterocycles. The summed E-state index contributed by atoms with van der Waals surface area (Å²) in [7, 11) is 6.21. The van der Waals surface area contributed by atoms with Crippen LogP contribution in [0, 0.1) is 23.0 Å². The minimum Gasteiger partial charge on any atom is -0.633 e. The van der Waals surface area contributed by atoms with Gasteiger partial charge in [-0.25, -0.2) is 0 Å². The summed E-state index contributed by atoms with van der Waals surface area (Å²) in [6.07, 6.45) is -9.60. The van der Waals surface area contributed by atoms with Gasteiger partial charge in [-0.15, -0.1) is 0 Å². The van der Waals surface area contributed by atoms with Gasteiger partial charge >= 0.3 is 5.97 Å². The first-order valence-corrected chi connectivity index (χ1v) is 19.3. The zero-order valence-electron chi connectivity index (χ0n) is 34.6. The van der Waals surface area contributed by atoms with Crippen molar-refractivity contribution in [3.63, 3.8) is 0 Å². The maximum absolute atomic E-state index is 14.2. The van der Waals surface area contributed by atoms with Gasteiger partial charge in [-0.2, -0.15) is 0 Å². The van der Waals surface area contributed by atoms with Gasteiger partial charge in [-0.05, 0) is 74.3 Å². The van der Waals surface area contributed by atoms with E-state index in [1.807, 2.05) is 18.9 Å². The smallest absolute Gasteiger partial charge is 0.311 e. The Morgan fingerprint density at radius 2 is 1.57 bits per heavy atom. The van der Waals surface area contributed by atoms with Crippen molar-refractivity contribution >= 4 is 5.97 Å². The summed E-state index contributed by atoms with van der Waals surface area (Å²) in [5, 5.41) is 71.3. The van der Waals surface area contributed by atoms with Crippen LogP contribution in [0.2, 0.25) is 0 Å². The standard InChI is InChI=1S/C38H72N2O13/c1-15-27-38(10,46)31(42)24(6)39(11)19-20(2)17-36(8,45)33(53-35-29(41)26(40(12,13)47)16-21(3)49-35)22(4)30(23(5)34(44)51-27)52-28-18-37(9,48-14)32(43)25(7)50-28/h20-33,35,41-43,45-46H,15-19H2,1-14H3/t20-,21-,22+,23-,24-,25+,26+,27-,28+,29-,30+,31-,32+,33-,35+,36?,37-,38-/m1/s1. The van der Waals surface area contributed by atoms with Crippen LogP contribution in [-0.4, -0.2) is 166 Å². The molecule has 3 aliphatic heterocycles. The molecule has 3 rings (SSSR count). The average molecular weight is 765 g/mol. The number of hydrogen-bond acceptors (Lipinski definition) is 14. The van der Waals surface area contributed by atoms with Gasteiger partial charge in [0.2, 0.25) is 0 Å². The molecular formula is C38H72N2O13. The molecule has 312 valence electrons. The van der Waals surface area contributed by atoms with E-state index in [1.165, 1.54) is 28.1 Å². The number of hydrogen-bond donors (Lipinski definition) is 5. The molecule has 53 heavy (non-hydrogen) atoms. The van der Waals surface area contributed by atoms with Gasteiger partial charge in [0.05, 0.1) is 55.6 Å². The van der Waals surface area contributed by atoms with E-state index in [9.17, 15) is 35.5 Å². The first-order valence-electron chi connectivity index (χ1n) is 19.3. The number of ether oxygens (including phenoxy) is 6. The van der Waals surface area contributed by atoms with Crippen molar-refractivity contribution in [2.24, 2.45) is 17.8 Å². The molecule has 0 aliphatic carbocycles. The number of likely N-dealkylation sites (N-methyl/N-ethyl adjacent to an activating group) is 2. The Labute approximate surface area is 317 Å². The van der Waals surface area contributed by atoms with Crippen LogP contribution >= 0.6 is 0 Å². The number of nitrogens with zero attached hydrogens (tertiary/aromatic N) is 2. The SMILES string of the molecule is CC[C@H]1OC(=O)[C@H](C)[C@@H](O[C@H]2C[C@@](C)(OC)[C@@H](O)[C@H](C)O2)[C@H](C)[C@@H](O[C@@H]2O[C@H](C)C[C@H]([N+](C)(C)[O-])[C@H]2O)C(C)(O)C[C@@H](C)CN(C)[C@H](C)[C@@H](O)[C@]1(C)O. The fourth-order valence-corrected chi connectivity index (χ4v) is 8.84. The minimum absolute atomic E-state index is 0.0990. The molecule has 1 unspecified atom stereocenters. The van der Waals surface area contributed by atoms with E-state index < -0.39 is 113 Å². The van der Waals surface area contributed by atoms with Crippen molar-refractivity contribution in [1.29, 1.82) is 0 Å². The van der Waals surface area contributed by atoms with E-state index in [0.717, 1.165) is 0 Å². The summed E-state index contributed by atoms with van der Waals surface area (Å²) in [6, 6.07) is -1.34. The normalized spacial score (nSPS) is 49.1. The van der Waals surface area contributed by atoms with Gasteiger partial charge in [0.15, 0.2) is 18.7 Å². The van der Waals surface area contributed by atoms with E-state index >= 15 is 0 Å². The van der Waals surface area contributed by atoms with Crippen molar-refractivity contribution in [2.75, 3.05) is 34.8 Å². The molecule has 3 fully saturated rings. The van der Waals surface area contributed by atoms with Gasteiger partial charge in [-0.1, -0.05) is 20.8 Å². The van der Waals surface area contributed by atoms with Crippen LogP contribution in [0.15, 0.2) is 0 Å². The number of esters is 1. The third-order valence-electron chi connectivity index (χ3n) is 12.3. The van der Waals surface area contributed by atoms with Gasteiger partial charge in [0.25, 0.3) is 0 Å². The topological polar surface area (TPSA) is 200 Å². The van der Waals surface area contributed by atoms with Crippen molar-refractivity contribution in [3.05, 3.63) is 5.21 Å². The summed E-state index contributed by atoms with van der Waals surface area (Å²) in [5.74, 6) is -2.80. The number of hydroxylamine groups is 3. The molecule has 3 aliphatic rings. The fourth-order valence-electron chi connectivity index (χ4n) is 8.84. The highest BCUT2D eigenvalue weighted by Gasteiger charge is 2.53. The number of quaternary nitrogens is 1. The Kier molecular flexibility index (Phi) is 15.4. The molecule has 15 heteroatoms. The highest BCUT2D eigenvalue weighted by Crippen LogP contribution is 2.40. The first-order chi connectivity index (χ1) is 24.2. The molecular weight excluding hydrogens is 692 g/mol. The molecule has 18 atom stereocenters. The summed E-state index contributed by atoms with van der Waals surface area (Å²) < 4.78 is 36.5. The molecule has 0 aromatic rings. The number of aliphatic hydroxyl groups excluding tert-OH is 3. The van der Waals surface area contributed by atoms with E-state index in [2.05, 4.69) is 0 Å². The maximum Gasteiger partial charge on any atom is 0.311 e. The summed E-state index contributed by atoms with van der Waals surface area (Å²) in [4.78, 5) is 16.1. The quantitative estimate of drug-likeness (QED) is 0.143. The lowest BCUT2D eigenvalue weighted by molar-refractivity contribution is -0.874. The highest BCUT2D eigenvalue weighted by molar-refractivity contribution is 5.73. The fraction of sp³-hybridized carbons (Fsp3) is 0.974. The Morgan fingerprint density at radius 1 is 0.962 bits per heavy atom. The second-order valence-corrected chi connectivity index (χ2v) is 17.6. The average Bonchev–Trinajstić information content (AvgIpc) is 3.05. The molecule has 0 radical (unpaired) electrons. The van der Waals surface area contributed by atoms with Crippen LogP contribution in [0.4, 0.5) is 0 Å². The van der Waals surface area contributed by atoms with Crippen LogP contribution in [0.1, 0.15) is 94.9 Å². The molecule has 0 bridgehead atoms. The van der Waals surface area contributed by atoms with Crippen molar-refractivity contribution < 1.29 is 63.4 Å². The summed E-state index contributed by atoms with van der Waals surface area (Å²) >= 11 is 0. The lowest BCUT2D eigenvalue weighted by Gasteiger charge is -2.51. The van der Waals surface area contributed by atoms with Crippen molar-refractivity contribution in [1.82, 2.24) is 4.90 Å². The Morgan fingerprint density at radius 3 is 2.11 bits per heavy atom. The number of methoxy groups -OCH3 is 1. The number of carbonyl (C=O) groups is 1. The Balaban J connectivity index is 2.19. The largest absolute Gasteiger partial charge is 0.633 e. The van der Waals surface area contributed by atoms with Gasteiger partial charge in [-0.3, -0.25) is 4.79 Å². The van der Waals surface area contributed by atoms with Crippen LogP contribution < -0.4 is 0 Å². The molecule has 5 N–H and O–H groups in total. The molecule has 0 aromatic heterocycles. The van der Waals surface area contributed by atoms with E-state index in [-0.39, 0.29) is 25.2 Å². The summed E-state index contributed by atoms with van der Waals surface area (Å²) in [5.41, 5.74) is -4.51. The minimum atomic E-state index is -1.83. The number of carbonyl (C=O) groups excluding carboxylic acids is 1. The number of aliphatic hydroxyl groups is 5. The van der Waals surface area contributed by atoms with E-state index in [0.29, 0.717) is 13.0 Å².